The summed E-state index contributed by atoms with van der Waals surface area (Å²) >= 11 is 0. The molecule has 0 aliphatic heterocycles. The first kappa shape index (κ1) is 31.6. The minimum Gasteiger partial charge on any atom is -0.310 e. The van der Waals surface area contributed by atoms with Crippen molar-refractivity contribution in [2.24, 2.45) is 0 Å². The Labute approximate surface area is 306 Å². The first-order valence-corrected chi connectivity index (χ1v) is 18.1. The van der Waals surface area contributed by atoms with Gasteiger partial charge in [-0.3, -0.25) is 0 Å². The van der Waals surface area contributed by atoms with Gasteiger partial charge in [0.25, 0.3) is 0 Å². The highest BCUT2D eigenvalue weighted by Crippen LogP contribution is 2.52. The molecule has 0 unspecified atom stereocenters. The lowest BCUT2D eigenvalue weighted by molar-refractivity contribution is 0.660. The first-order chi connectivity index (χ1) is 25.5. The Morgan fingerprint density at radius 1 is 0.385 bits per heavy atom. The molecule has 8 aromatic carbocycles. The third kappa shape index (κ3) is 5.45. The van der Waals surface area contributed by atoms with Crippen LogP contribution in [0.5, 0.6) is 0 Å². The second-order valence-corrected chi connectivity index (χ2v) is 14.3. The molecule has 8 aromatic rings. The predicted molar refractivity (Wildman–Crippen MR) is 221 cm³/mol. The fourth-order valence-corrected chi connectivity index (χ4v) is 7.97. The molecule has 9 rings (SSSR count). The molecule has 250 valence electrons. The van der Waals surface area contributed by atoms with Gasteiger partial charge in [-0.05, 0) is 112 Å². The summed E-state index contributed by atoms with van der Waals surface area (Å²) in [6.07, 6.45) is 0. The number of anilines is 6. The Balaban J connectivity index is 1.14. The van der Waals surface area contributed by atoms with Crippen molar-refractivity contribution in [1.82, 2.24) is 0 Å². The molecule has 52 heavy (non-hydrogen) atoms. The number of nitrogens with zero attached hydrogens (tertiary/aromatic N) is 2. The Morgan fingerprint density at radius 2 is 0.865 bits per heavy atom. The standard InChI is InChI=1S/C50H40N2/c1-35-21-25-40(26-22-35)51(41-27-23-37(24-28-41)36-13-6-4-7-14-36)42-29-31-45-46-32-30-43(34-48(46)50(2,3)47(45)33-42)52(39-17-8-5-9-18-39)49-20-12-16-38-15-10-11-19-44(38)49/h4-34H,1-3H3. The lowest BCUT2D eigenvalue weighted by atomic mass is 9.82. The van der Waals surface area contributed by atoms with Gasteiger partial charge in [-0.25, -0.2) is 0 Å². The van der Waals surface area contributed by atoms with E-state index < -0.39 is 0 Å². The minimum atomic E-state index is -0.214. The summed E-state index contributed by atoms with van der Waals surface area (Å²) in [5.74, 6) is 0. The summed E-state index contributed by atoms with van der Waals surface area (Å²) in [5.41, 5.74) is 15.6. The number of para-hydroxylation sites is 1. The van der Waals surface area contributed by atoms with Gasteiger partial charge >= 0.3 is 0 Å². The second kappa shape index (κ2) is 12.7. The van der Waals surface area contributed by atoms with E-state index in [4.69, 9.17) is 0 Å². The van der Waals surface area contributed by atoms with E-state index in [1.165, 1.54) is 55.4 Å². The summed E-state index contributed by atoms with van der Waals surface area (Å²) in [7, 11) is 0. The molecule has 0 bridgehead atoms. The Kier molecular flexibility index (Phi) is 7.74. The molecule has 0 heterocycles. The number of aryl methyl sites for hydroxylation is 1. The number of fused-ring (bicyclic) bond motifs is 4. The van der Waals surface area contributed by atoms with Crippen LogP contribution in [-0.4, -0.2) is 0 Å². The van der Waals surface area contributed by atoms with Gasteiger partial charge in [-0.15, -0.1) is 0 Å². The first-order valence-electron chi connectivity index (χ1n) is 18.1. The number of hydrogen-bond donors (Lipinski definition) is 0. The van der Waals surface area contributed by atoms with Crippen LogP contribution < -0.4 is 9.80 Å². The Morgan fingerprint density at radius 3 is 1.52 bits per heavy atom. The number of rotatable bonds is 7. The highest BCUT2D eigenvalue weighted by atomic mass is 15.1. The van der Waals surface area contributed by atoms with Crippen LogP contribution in [0, 0.1) is 6.92 Å². The molecule has 0 fully saturated rings. The van der Waals surface area contributed by atoms with Crippen LogP contribution in [0.2, 0.25) is 0 Å². The van der Waals surface area contributed by atoms with Gasteiger partial charge < -0.3 is 9.80 Å². The van der Waals surface area contributed by atoms with Crippen LogP contribution in [0.1, 0.15) is 30.5 Å². The van der Waals surface area contributed by atoms with Crippen LogP contribution in [0.4, 0.5) is 34.1 Å². The molecule has 0 saturated heterocycles. The minimum absolute atomic E-state index is 0.214. The van der Waals surface area contributed by atoms with Gasteiger partial charge in [0, 0.05) is 39.2 Å². The fourth-order valence-electron chi connectivity index (χ4n) is 7.97. The molecular weight excluding hydrogens is 629 g/mol. The third-order valence-electron chi connectivity index (χ3n) is 10.7. The van der Waals surface area contributed by atoms with Crippen molar-refractivity contribution >= 4 is 44.9 Å². The maximum atomic E-state index is 2.42. The van der Waals surface area contributed by atoms with Gasteiger partial charge in [0.2, 0.25) is 0 Å². The maximum Gasteiger partial charge on any atom is 0.0540 e. The van der Waals surface area contributed by atoms with Gasteiger partial charge in [0.15, 0.2) is 0 Å². The molecule has 0 atom stereocenters. The molecule has 2 heteroatoms. The van der Waals surface area contributed by atoms with Crippen molar-refractivity contribution in [2.45, 2.75) is 26.2 Å². The van der Waals surface area contributed by atoms with E-state index in [1.807, 2.05) is 0 Å². The zero-order valence-corrected chi connectivity index (χ0v) is 29.8. The van der Waals surface area contributed by atoms with E-state index >= 15 is 0 Å². The molecular formula is C50H40N2. The third-order valence-corrected chi connectivity index (χ3v) is 10.7. The molecule has 0 radical (unpaired) electrons. The van der Waals surface area contributed by atoms with E-state index in [0.717, 1.165) is 28.4 Å². The van der Waals surface area contributed by atoms with Crippen molar-refractivity contribution in [3.63, 3.8) is 0 Å². The normalized spacial score (nSPS) is 12.7. The van der Waals surface area contributed by atoms with Gasteiger partial charge in [-0.2, -0.15) is 0 Å². The molecule has 0 spiro atoms. The Bertz CT molecular complexity index is 2530. The van der Waals surface area contributed by atoms with Crippen LogP contribution in [0.3, 0.4) is 0 Å². The SMILES string of the molecule is Cc1ccc(N(c2ccc(-c3ccccc3)cc2)c2ccc3c(c2)C(C)(C)c2cc(N(c4ccccc4)c4cccc5ccccc45)ccc2-3)cc1. The largest absolute Gasteiger partial charge is 0.310 e. The van der Waals surface area contributed by atoms with Crippen molar-refractivity contribution in [3.05, 3.63) is 205 Å². The lowest BCUT2D eigenvalue weighted by Crippen LogP contribution is -2.17. The van der Waals surface area contributed by atoms with Crippen molar-refractivity contribution < 1.29 is 0 Å². The molecule has 2 nitrogen and oxygen atoms in total. The van der Waals surface area contributed by atoms with E-state index in [1.54, 1.807) is 0 Å². The quantitative estimate of drug-likeness (QED) is 0.167. The van der Waals surface area contributed by atoms with Crippen LogP contribution >= 0.6 is 0 Å². The zero-order valence-electron chi connectivity index (χ0n) is 29.8. The highest BCUT2D eigenvalue weighted by molar-refractivity contribution is 5.99. The van der Waals surface area contributed by atoms with Crippen molar-refractivity contribution in [3.8, 4) is 22.3 Å². The van der Waals surface area contributed by atoms with Crippen molar-refractivity contribution in [1.29, 1.82) is 0 Å². The number of hydrogen-bond acceptors (Lipinski definition) is 2. The molecule has 0 N–H and O–H groups in total. The monoisotopic (exact) mass is 668 g/mol. The van der Waals surface area contributed by atoms with E-state index in [-0.39, 0.29) is 5.41 Å². The van der Waals surface area contributed by atoms with Crippen molar-refractivity contribution in [2.75, 3.05) is 9.80 Å². The Hall–Kier alpha value is -6.38. The molecule has 1 aliphatic carbocycles. The maximum absolute atomic E-state index is 2.42. The summed E-state index contributed by atoms with van der Waals surface area (Å²) in [6.45, 7) is 6.90. The summed E-state index contributed by atoms with van der Waals surface area (Å²) < 4.78 is 0. The van der Waals surface area contributed by atoms with Gasteiger partial charge in [-0.1, -0.05) is 141 Å². The van der Waals surface area contributed by atoms with E-state index in [0.29, 0.717) is 0 Å². The average molecular weight is 669 g/mol. The molecule has 0 saturated carbocycles. The summed E-state index contributed by atoms with van der Waals surface area (Å²) in [4.78, 5) is 4.79. The average Bonchev–Trinajstić information content (AvgIpc) is 3.42. The van der Waals surface area contributed by atoms with Crippen LogP contribution in [0.15, 0.2) is 188 Å². The molecule has 0 aromatic heterocycles. The zero-order chi connectivity index (χ0) is 35.2. The molecule has 1 aliphatic rings. The highest BCUT2D eigenvalue weighted by Gasteiger charge is 2.37. The number of benzene rings is 8. The fraction of sp³-hybridized carbons (Fsp3) is 0.0800. The predicted octanol–water partition coefficient (Wildman–Crippen LogP) is 14.1. The van der Waals surface area contributed by atoms with Gasteiger partial charge in [0.1, 0.15) is 0 Å². The van der Waals surface area contributed by atoms with Crippen LogP contribution in [-0.2, 0) is 5.41 Å². The topological polar surface area (TPSA) is 6.48 Å². The van der Waals surface area contributed by atoms with Crippen LogP contribution in [0.25, 0.3) is 33.0 Å². The van der Waals surface area contributed by atoms with E-state index in [2.05, 4.69) is 219 Å². The second-order valence-electron chi connectivity index (χ2n) is 14.3. The lowest BCUT2D eigenvalue weighted by Gasteiger charge is -2.29. The molecule has 0 amide bonds. The van der Waals surface area contributed by atoms with Gasteiger partial charge in [0.05, 0.1) is 5.69 Å². The van der Waals surface area contributed by atoms with E-state index in [9.17, 15) is 0 Å². The smallest absolute Gasteiger partial charge is 0.0540 e. The summed E-state index contributed by atoms with van der Waals surface area (Å²) in [5, 5.41) is 2.46. The summed E-state index contributed by atoms with van der Waals surface area (Å²) in [6, 6.07) is 68.5.